The average molecular weight is 284 g/mol. The van der Waals surface area contributed by atoms with E-state index in [4.69, 9.17) is 4.55 Å². The Balaban J connectivity index is 3.12. The van der Waals surface area contributed by atoms with Gasteiger partial charge in [-0.1, -0.05) is 19.9 Å². The highest BCUT2D eigenvalue weighted by atomic mass is 32.2. The standard InChI is InChI=1S/C11H12N2O5S/c1-5(2)6-3-4-7(19(16,17)18)9-8(6)10(14)13-11(15)12-9/h3-5H,1-2H3,(H,16,17,18)(H2,12,13,14,15). The lowest BCUT2D eigenvalue weighted by Crippen LogP contribution is -2.24. The summed E-state index contributed by atoms with van der Waals surface area (Å²) in [5.41, 5.74) is -1.11. The van der Waals surface area contributed by atoms with E-state index >= 15 is 0 Å². The summed E-state index contributed by atoms with van der Waals surface area (Å²) in [5.74, 6) is -0.0510. The van der Waals surface area contributed by atoms with E-state index in [2.05, 4.69) is 4.98 Å². The van der Waals surface area contributed by atoms with Gasteiger partial charge in [0.2, 0.25) is 0 Å². The van der Waals surface area contributed by atoms with Crippen molar-refractivity contribution in [3.63, 3.8) is 0 Å². The molecule has 0 aliphatic heterocycles. The van der Waals surface area contributed by atoms with Crippen molar-refractivity contribution in [3.8, 4) is 0 Å². The van der Waals surface area contributed by atoms with Crippen LogP contribution in [0.2, 0.25) is 0 Å². The summed E-state index contributed by atoms with van der Waals surface area (Å²) in [5, 5.41) is 0.0599. The summed E-state index contributed by atoms with van der Waals surface area (Å²) in [4.78, 5) is 26.9. The van der Waals surface area contributed by atoms with Crippen LogP contribution >= 0.6 is 0 Å². The Bertz CT molecular complexity index is 861. The molecule has 1 heterocycles. The van der Waals surface area contributed by atoms with Gasteiger partial charge in [0.15, 0.2) is 0 Å². The Morgan fingerprint density at radius 2 is 1.79 bits per heavy atom. The maximum atomic E-state index is 11.9. The Labute approximate surface area is 108 Å². The lowest BCUT2D eigenvalue weighted by atomic mass is 9.99. The average Bonchev–Trinajstić information content (AvgIpc) is 2.25. The van der Waals surface area contributed by atoms with Crippen molar-refractivity contribution in [2.45, 2.75) is 24.7 Å². The van der Waals surface area contributed by atoms with Gasteiger partial charge < -0.3 is 4.98 Å². The maximum Gasteiger partial charge on any atom is 0.326 e. The van der Waals surface area contributed by atoms with Crippen LogP contribution in [0.15, 0.2) is 26.6 Å². The van der Waals surface area contributed by atoms with Crippen molar-refractivity contribution < 1.29 is 13.0 Å². The first kappa shape index (κ1) is 13.5. The zero-order valence-corrected chi connectivity index (χ0v) is 11.0. The van der Waals surface area contributed by atoms with Crippen LogP contribution in [0.25, 0.3) is 10.9 Å². The molecule has 3 N–H and O–H groups in total. The van der Waals surface area contributed by atoms with Gasteiger partial charge >= 0.3 is 5.69 Å². The lowest BCUT2D eigenvalue weighted by molar-refractivity contribution is 0.484. The summed E-state index contributed by atoms with van der Waals surface area (Å²) in [6, 6.07) is 2.62. The van der Waals surface area contributed by atoms with Crippen molar-refractivity contribution in [2.24, 2.45) is 0 Å². The number of benzene rings is 1. The fraction of sp³-hybridized carbons (Fsp3) is 0.273. The van der Waals surface area contributed by atoms with Crippen LogP contribution < -0.4 is 11.2 Å². The zero-order valence-electron chi connectivity index (χ0n) is 10.2. The third kappa shape index (κ3) is 2.32. The van der Waals surface area contributed by atoms with E-state index in [0.717, 1.165) is 0 Å². The lowest BCUT2D eigenvalue weighted by Gasteiger charge is -2.10. The van der Waals surface area contributed by atoms with Gasteiger partial charge in [-0.3, -0.25) is 14.3 Å². The molecule has 0 atom stereocenters. The second-order valence-electron chi connectivity index (χ2n) is 4.44. The number of nitrogens with one attached hydrogen (secondary N) is 2. The number of aromatic nitrogens is 2. The molecule has 0 unspecified atom stereocenters. The quantitative estimate of drug-likeness (QED) is 0.697. The van der Waals surface area contributed by atoms with Crippen molar-refractivity contribution in [1.82, 2.24) is 9.97 Å². The summed E-state index contributed by atoms with van der Waals surface area (Å²) in [6.45, 7) is 3.65. The topological polar surface area (TPSA) is 120 Å². The van der Waals surface area contributed by atoms with Crippen LogP contribution in [-0.2, 0) is 10.1 Å². The first-order valence-electron chi connectivity index (χ1n) is 5.48. The van der Waals surface area contributed by atoms with Gasteiger partial charge in [0.05, 0.1) is 10.9 Å². The van der Waals surface area contributed by atoms with E-state index in [-0.39, 0.29) is 16.8 Å². The molecule has 1 aromatic carbocycles. The van der Waals surface area contributed by atoms with Gasteiger partial charge in [0.25, 0.3) is 15.7 Å². The summed E-state index contributed by atoms with van der Waals surface area (Å²) in [6.07, 6.45) is 0. The smallest absolute Gasteiger partial charge is 0.305 e. The van der Waals surface area contributed by atoms with Gasteiger partial charge in [-0.2, -0.15) is 8.42 Å². The van der Waals surface area contributed by atoms with Crippen LogP contribution in [0.1, 0.15) is 25.3 Å². The molecule has 0 saturated heterocycles. The molecule has 0 bridgehead atoms. The minimum Gasteiger partial charge on any atom is -0.305 e. The molecule has 1 aromatic heterocycles. The minimum atomic E-state index is -4.53. The third-order valence-corrected chi connectivity index (χ3v) is 3.69. The van der Waals surface area contributed by atoms with Crippen LogP contribution in [0.5, 0.6) is 0 Å². The Kier molecular flexibility index (Phi) is 3.07. The Morgan fingerprint density at radius 3 is 2.32 bits per heavy atom. The SMILES string of the molecule is CC(C)c1ccc(S(=O)(=O)O)c2[nH]c(=O)[nH]c(=O)c12. The molecule has 0 aliphatic rings. The van der Waals surface area contributed by atoms with Gasteiger partial charge in [0, 0.05) is 0 Å². The Hall–Kier alpha value is -1.93. The molecule has 0 aliphatic carbocycles. The molecule has 0 fully saturated rings. The highest BCUT2D eigenvalue weighted by molar-refractivity contribution is 7.86. The van der Waals surface area contributed by atoms with Crippen LogP contribution in [0.3, 0.4) is 0 Å². The minimum absolute atomic E-state index is 0.0510. The molecule has 7 nitrogen and oxygen atoms in total. The molecular formula is C11H12N2O5S. The van der Waals surface area contributed by atoms with Crippen molar-refractivity contribution in [3.05, 3.63) is 38.5 Å². The fourth-order valence-electron chi connectivity index (χ4n) is 1.97. The molecule has 2 aromatic rings. The van der Waals surface area contributed by atoms with Gasteiger partial charge in [-0.25, -0.2) is 4.79 Å². The van der Waals surface area contributed by atoms with E-state index in [1.165, 1.54) is 12.1 Å². The number of hydrogen-bond acceptors (Lipinski definition) is 4. The molecule has 2 rings (SSSR count). The van der Waals surface area contributed by atoms with Crippen LogP contribution in [-0.4, -0.2) is 22.9 Å². The van der Waals surface area contributed by atoms with E-state index in [9.17, 15) is 18.0 Å². The molecule has 0 saturated carbocycles. The monoisotopic (exact) mass is 284 g/mol. The molecule has 102 valence electrons. The van der Waals surface area contributed by atoms with Crippen molar-refractivity contribution >= 4 is 21.0 Å². The normalized spacial score (nSPS) is 12.2. The Morgan fingerprint density at radius 1 is 1.16 bits per heavy atom. The summed E-state index contributed by atoms with van der Waals surface area (Å²) in [7, 11) is -4.53. The molecule has 8 heteroatoms. The van der Waals surface area contributed by atoms with Crippen molar-refractivity contribution in [2.75, 3.05) is 0 Å². The molecular weight excluding hydrogens is 272 g/mol. The second kappa shape index (κ2) is 4.32. The van der Waals surface area contributed by atoms with E-state index in [0.29, 0.717) is 5.56 Å². The van der Waals surface area contributed by atoms with E-state index < -0.39 is 26.3 Å². The predicted molar refractivity (Wildman–Crippen MR) is 69.1 cm³/mol. The largest absolute Gasteiger partial charge is 0.326 e. The second-order valence-corrected chi connectivity index (χ2v) is 5.83. The number of rotatable bonds is 2. The first-order valence-corrected chi connectivity index (χ1v) is 6.92. The van der Waals surface area contributed by atoms with Crippen LogP contribution in [0, 0.1) is 0 Å². The van der Waals surface area contributed by atoms with Gasteiger partial charge in [0.1, 0.15) is 4.90 Å². The zero-order chi connectivity index (χ0) is 14.4. The maximum absolute atomic E-state index is 11.9. The number of H-pyrrole nitrogens is 2. The van der Waals surface area contributed by atoms with E-state index in [1.807, 2.05) is 18.8 Å². The van der Waals surface area contributed by atoms with E-state index in [1.54, 1.807) is 0 Å². The predicted octanol–water partition coefficient (Wildman–Crippen LogP) is 0.587. The number of fused-ring (bicyclic) bond motifs is 1. The third-order valence-electron chi connectivity index (χ3n) is 2.79. The number of aromatic amines is 2. The van der Waals surface area contributed by atoms with Crippen molar-refractivity contribution in [1.29, 1.82) is 0 Å². The number of hydrogen-bond donors (Lipinski definition) is 3. The van der Waals surface area contributed by atoms with Crippen LogP contribution in [0.4, 0.5) is 0 Å². The molecule has 0 radical (unpaired) electrons. The highest BCUT2D eigenvalue weighted by Crippen LogP contribution is 2.25. The van der Waals surface area contributed by atoms with Gasteiger partial charge in [-0.15, -0.1) is 0 Å². The molecule has 0 spiro atoms. The summed E-state index contributed by atoms with van der Waals surface area (Å²) >= 11 is 0. The first-order chi connectivity index (χ1) is 8.71. The molecule has 0 amide bonds. The van der Waals surface area contributed by atoms with Gasteiger partial charge in [-0.05, 0) is 17.5 Å². The fourth-order valence-corrected chi connectivity index (χ4v) is 2.63. The summed E-state index contributed by atoms with van der Waals surface area (Å²) < 4.78 is 31.7. The molecule has 19 heavy (non-hydrogen) atoms. The highest BCUT2D eigenvalue weighted by Gasteiger charge is 2.19.